The lowest BCUT2D eigenvalue weighted by Crippen LogP contribution is -2.27. The van der Waals surface area contributed by atoms with E-state index in [9.17, 15) is 0 Å². The van der Waals surface area contributed by atoms with Gasteiger partial charge in [-0.3, -0.25) is 0 Å². The average Bonchev–Trinajstić information content (AvgIpc) is 3.20. The fraction of sp³-hybridized carbons (Fsp3) is 1.00. The first-order valence-electron chi connectivity index (χ1n) is 27.1. The first-order chi connectivity index (χ1) is 27.3. The SMILES string of the molecule is Br.CCCCCCCCCCCCCCCCCCN(CCCCCCCCCCCCCCCCCC)CCCCCCCCCCCCCCCCCC. The summed E-state index contributed by atoms with van der Waals surface area (Å²) in [7, 11) is 0. The van der Waals surface area contributed by atoms with Crippen molar-refractivity contribution in [2.24, 2.45) is 0 Å². The predicted octanol–water partition coefficient (Wildman–Crippen LogP) is 20.7. The zero-order chi connectivity index (χ0) is 39.6. The van der Waals surface area contributed by atoms with E-state index in [2.05, 4.69) is 25.7 Å². The largest absolute Gasteiger partial charge is 0.303 e. The molecule has 0 aliphatic carbocycles. The number of hydrogen-bond donors (Lipinski definition) is 0. The van der Waals surface area contributed by atoms with E-state index < -0.39 is 0 Å². The molecule has 0 bridgehead atoms. The molecule has 0 aromatic heterocycles. The fourth-order valence-corrected chi connectivity index (χ4v) is 8.99. The van der Waals surface area contributed by atoms with Crippen molar-refractivity contribution < 1.29 is 0 Å². The third kappa shape index (κ3) is 52.5. The minimum atomic E-state index is 0. The van der Waals surface area contributed by atoms with Crippen molar-refractivity contribution in [3.05, 3.63) is 0 Å². The lowest BCUT2D eigenvalue weighted by molar-refractivity contribution is 0.254. The van der Waals surface area contributed by atoms with E-state index in [4.69, 9.17) is 0 Å². The van der Waals surface area contributed by atoms with Gasteiger partial charge in [-0.1, -0.05) is 310 Å². The molecule has 0 atom stereocenters. The second kappa shape index (κ2) is 55.4. The van der Waals surface area contributed by atoms with Crippen LogP contribution in [0.3, 0.4) is 0 Å². The second-order valence-corrected chi connectivity index (χ2v) is 18.8. The molecule has 0 N–H and O–H groups in total. The number of halogens is 1. The minimum absolute atomic E-state index is 0. The molecule has 56 heavy (non-hydrogen) atoms. The van der Waals surface area contributed by atoms with Crippen LogP contribution >= 0.6 is 17.0 Å². The van der Waals surface area contributed by atoms with Crippen LogP contribution in [-0.2, 0) is 0 Å². The van der Waals surface area contributed by atoms with Crippen LogP contribution in [0.4, 0.5) is 0 Å². The van der Waals surface area contributed by atoms with Crippen molar-refractivity contribution in [3.63, 3.8) is 0 Å². The van der Waals surface area contributed by atoms with Gasteiger partial charge in [-0.05, 0) is 38.9 Å². The highest BCUT2D eigenvalue weighted by Gasteiger charge is 2.06. The minimum Gasteiger partial charge on any atom is -0.303 e. The number of rotatable bonds is 51. The van der Waals surface area contributed by atoms with Gasteiger partial charge < -0.3 is 4.90 Å². The Kier molecular flexibility index (Phi) is 57.9. The first-order valence-corrected chi connectivity index (χ1v) is 27.1. The van der Waals surface area contributed by atoms with Crippen molar-refractivity contribution in [1.29, 1.82) is 0 Å². The smallest absolute Gasteiger partial charge is 0.00187 e. The summed E-state index contributed by atoms with van der Waals surface area (Å²) < 4.78 is 0. The van der Waals surface area contributed by atoms with E-state index in [0.29, 0.717) is 0 Å². The van der Waals surface area contributed by atoms with Gasteiger partial charge in [-0.15, -0.1) is 17.0 Å². The van der Waals surface area contributed by atoms with Gasteiger partial charge in [0.1, 0.15) is 0 Å². The molecule has 0 aliphatic rings. The molecule has 1 nitrogen and oxygen atoms in total. The van der Waals surface area contributed by atoms with Crippen LogP contribution in [0.1, 0.15) is 329 Å². The molecular formula is C54H112BrN. The van der Waals surface area contributed by atoms with Crippen LogP contribution in [0.25, 0.3) is 0 Å². The molecule has 0 radical (unpaired) electrons. The summed E-state index contributed by atoms with van der Waals surface area (Å²) in [4.78, 5) is 2.89. The van der Waals surface area contributed by atoms with Gasteiger partial charge in [0, 0.05) is 0 Å². The fourth-order valence-electron chi connectivity index (χ4n) is 8.99. The van der Waals surface area contributed by atoms with Crippen LogP contribution in [0.15, 0.2) is 0 Å². The summed E-state index contributed by atoms with van der Waals surface area (Å²) in [6, 6.07) is 0. The maximum absolute atomic E-state index is 2.89. The number of nitrogens with zero attached hydrogens (tertiary/aromatic N) is 1. The van der Waals surface area contributed by atoms with E-state index in [1.165, 1.54) is 328 Å². The van der Waals surface area contributed by atoms with Gasteiger partial charge >= 0.3 is 0 Å². The summed E-state index contributed by atoms with van der Waals surface area (Å²) in [5, 5.41) is 0. The first kappa shape index (κ1) is 58.5. The molecule has 0 saturated carbocycles. The lowest BCUT2D eigenvalue weighted by Gasteiger charge is -2.22. The molecule has 0 aliphatic heterocycles. The van der Waals surface area contributed by atoms with Crippen molar-refractivity contribution >= 4 is 17.0 Å². The summed E-state index contributed by atoms with van der Waals surface area (Å²) in [5.41, 5.74) is 0. The van der Waals surface area contributed by atoms with Crippen molar-refractivity contribution in [1.82, 2.24) is 4.90 Å². The van der Waals surface area contributed by atoms with Gasteiger partial charge in [-0.2, -0.15) is 0 Å². The van der Waals surface area contributed by atoms with Crippen LogP contribution in [-0.4, -0.2) is 24.5 Å². The molecule has 0 rings (SSSR count). The lowest BCUT2D eigenvalue weighted by atomic mass is 10.0. The summed E-state index contributed by atoms with van der Waals surface area (Å²) >= 11 is 0. The Morgan fingerprint density at radius 1 is 0.161 bits per heavy atom. The van der Waals surface area contributed by atoms with Crippen molar-refractivity contribution in [2.45, 2.75) is 329 Å². The van der Waals surface area contributed by atoms with Crippen LogP contribution in [0.2, 0.25) is 0 Å². The van der Waals surface area contributed by atoms with Crippen molar-refractivity contribution in [2.75, 3.05) is 19.6 Å². The van der Waals surface area contributed by atoms with E-state index >= 15 is 0 Å². The van der Waals surface area contributed by atoms with Gasteiger partial charge in [-0.25, -0.2) is 0 Å². The zero-order valence-electron chi connectivity index (χ0n) is 39.9. The third-order valence-electron chi connectivity index (χ3n) is 13.0. The third-order valence-corrected chi connectivity index (χ3v) is 13.0. The maximum Gasteiger partial charge on any atom is -0.00187 e. The Hall–Kier alpha value is 0.440. The molecule has 0 aromatic rings. The molecule has 0 spiro atoms. The van der Waals surface area contributed by atoms with Gasteiger partial charge in [0.25, 0.3) is 0 Å². The molecule has 0 fully saturated rings. The predicted molar refractivity (Wildman–Crippen MR) is 265 cm³/mol. The Balaban J connectivity index is 0. The average molecular weight is 855 g/mol. The van der Waals surface area contributed by atoms with E-state index in [1.807, 2.05) is 0 Å². The Labute approximate surface area is 368 Å². The van der Waals surface area contributed by atoms with Gasteiger partial charge in [0.05, 0.1) is 0 Å². The maximum atomic E-state index is 2.89. The number of unbranched alkanes of at least 4 members (excludes halogenated alkanes) is 45. The molecule has 2 heteroatoms. The monoisotopic (exact) mass is 854 g/mol. The van der Waals surface area contributed by atoms with Crippen LogP contribution in [0, 0.1) is 0 Å². The van der Waals surface area contributed by atoms with E-state index in [0.717, 1.165) is 0 Å². The van der Waals surface area contributed by atoms with Crippen LogP contribution in [0.5, 0.6) is 0 Å². The molecule has 0 aromatic carbocycles. The summed E-state index contributed by atoms with van der Waals surface area (Å²) in [5.74, 6) is 0. The standard InChI is InChI=1S/C54H111N.BrH/c1-4-7-10-13-16-19-22-25-28-31-34-37-40-43-46-49-52-55(53-50-47-44-41-38-35-32-29-26-23-20-17-14-11-8-5-2)54-51-48-45-42-39-36-33-30-27-24-21-18-15-12-9-6-3;/h4-54H2,1-3H3;1H. The van der Waals surface area contributed by atoms with Crippen molar-refractivity contribution in [3.8, 4) is 0 Å². The molecule has 0 heterocycles. The normalized spacial score (nSPS) is 11.6. The molecule has 340 valence electrons. The molecule has 0 amide bonds. The Morgan fingerprint density at radius 3 is 0.393 bits per heavy atom. The highest BCUT2D eigenvalue weighted by Crippen LogP contribution is 2.18. The summed E-state index contributed by atoms with van der Waals surface area (Å²) in [6.45, 7) is 11.1. The van der Waals surface area contributed by atoms with E-state index in [-0.39, 0.29) is 17.0 Å². The highest BCUT2D eigenvalue weighted by atomic mass is 79.9. The molecule has 0 saturated heterocycles. The Bertz CT molecular complexity index is 550. The Morgan fingerprint density at radius 2 is 0.268 bits per heavy atom. The van der Waals surface area contributed by atoms with E-state index in [1.54, 1.807) is 0 Å². The zero-order valence-corrected chi connectivity index (χ0v) is 41.6. The molecular weight excluding hydrogens is 743 g/mol. The van der Waals surface area contributed by atoms with Crippen LogP contribution < -0.4 is 0 Å². The highest BCUT2D eigenvalue weighted by molar-refractivity contribution is 8.93. The molecule has 0 unspecified atom stereocenters. The quantitative estimate of drug-likeness (QED) is 0.0551. The summed E-state index contributed by atoms with van der Waals surface area (Å²) in [6.07, 6.45) is 70.5. The topological polar surface area (TPSA) is 3.24 Å². The van der Waals surface area contributed by atoms with Gasteiger partial charge in [0.15, 0.2) is 0 Å². The second-order valence-electron chi connectivity index (χ2n) is 18.8. The van der Waals surface area contributed by atoms with Gasteiger partial charge in [0.2, 0.25) is 0 Å². The number of hydrogen-bond acceptors (Lipinski definition) is 1.